The highest BCUT2D eigenvalue weighted by Crippen LogP contribution is 2.25. The van der Waals surface area contributed by atoms with Crippen molar-refractivity contribution in [2.75, 3.05) is 24.5 Å². The van der Waals surface area contributed by atoms with Crippen LogP contribution < -0.4 is 10.6 Å². The molecular weight excluding hydrogens is 236 g/mol. The van der Waals surface area contributed by atoms with Crippen molar-refractivity contribution in [1.29, 1.82) is 0 Å². The Labute approximate surface area is 113 Å². The first-order valence-electron chi connectivity index (χ1n) is 6.96. The summed E-state index contributed by atoms with van der Waals surface area (Å²) in [5, 5.41) is 0. The highest BCUT2D eigenvalue weighted by molar-refractivity contribution is 5.76. The topological polar surface area (TPSA) is 55.0 Å². The first kappa shape index (κ1) is 12.4. The molecule has 2 heterocycles. The molecule has 1 aliphatic rings. The molecule has 1 aliphatic heterocycles. The quantitative estimate of drug-likeness (QED) is 0.894. The molecule has 1 unspecified atom stereocenters. The number of aromatic nitrogens is 2. The fraction of sp³-hybridized carbons (Fsp3) is 0.467. The molecule has 2 aromatic rings. The molecule has 1 aromatic carbocycles. The van der Waals surface area contributed by atoms with Crippen LogP contribution >= 0.6 is 0 Å². The van der Waals surface area contributed by atoms with Crippen LogP contribution in [0.3, 0.4) is 0 Å². The average molecular weight is 256 g/mol. The second-order valence-corrected chi connectivity index (χ2v) is 5.31. The van der Waals surface area contributed by atoms with Gasteiger partial charge in [-0.2, -0.15) is 0 Å². The number of para-hydroxylation sites is 2. The molecule has 1 aromatic heterocycles. The zero-order chi connectivity index (χ0) is 13.2. The Morgan fingerprint density at radius 1 is 1.26 bits per heavy atom. The normalized spacial score (nSPS) is 19.9. The molecule has 1 atom stereocenters. The minimum Gasteiger partial charge on any atom is -0.355 e. The Morgan fingerprint density at radius 2 is 2.00 bits per heavy atom. The maximum Gasteiger partial charge on any atom is 0.150 e. The number of nitrogens with zero attached hydrogens (tertiary/aromatic N) is 3. The highest BCUT2D eigenvalue weighted by atomic mass is 15.2. The molecule has 1 fully saturated rings. The number of rotatable bonds is 2. The number of anilines is 1. The molecule has 0 spiro atoms. The van der Waals surface area contributed by atoms with Gasteiger partial charge in [-0.3, -0.25) is 0 Å². The lowest BCUT2D eigenvalue weighted by molar-refractivity contribution is 0.421. The van der Waals surface area contributed by atoms with E-state index in [1.54, 1.807) is 0 Å². The van der Waals surface area contributed by atoms with Gasteiger partial charge in [-0.1, -0.05) is 12.1 Å². The first-order valence-corrected chi connectivity index (χ1v) is 6.96. The Bertz CT molecular complexity index is 581. The zero-order valence-electron chi connectivity index (χ0n) is 11.3. The van der Waals surface area contributed by atoms with Gasteiger partial charge < -0.3 is 10.6 Å². The maximum atomic E-state index is 5.81. The van der Waals surface area contributed by atoms with Crippen LogP contribution in [0.15, 0.2) is 24.3 Å². The molecule has 2 N–H and O–H groups in total. The third-order valence-corrected chi connectivity index (χ3v) is 3.87. The Kier molecular flexibility index (Phi) is 3.34. The summed E-state index contributed by atoms with van der Waals surface area (Å²) in [5.74, 6) is 1.61. The summed E-state index contributed by atoms with van der Waals surface area (Å²) in [7, 11) is 0. The molecule has 4 nitrogen and oxygen atoms in total. The van der Waals surface area contributed by atoms with Gasteiger partial charge in [0, 0.05) is 13.1 Å². The van der Waals surface area contributed by atoms with Crippen LogP contribution in [0.25, 0.3) is 11.0 Å². The average Bonchev–Trinajstić information content (AvgIpc) is 2.46. The van der Waals surface area contributed by atoms with Gasteiger partial charge in [-0.15, -0.1) is 0 Å². The van der Waals surface area contributed by atoms with E-state index in [0.717, 1.165) is 42.2 Å². The molecule has 0 radical (unpaired) electrons. The van der Waals surface area contributed by atoms with E-state index in [1.807, 2.05) is 31.2 Å². The van der Waals surface area contributed by atoms with Gasteiger partial charge in [0.2, 0.25) is 0 Å². The predicted molar refractivity (Wildman–Crippen MR) is 78.3 cm³/mol. The molecule has 4 heteroatoms. The van der Waals surface area contributed by atoms with Gasteiger partial charge in [0.25, 0.3) is 0 Å². The van der Waals surface area contributed by atoms with Crippen molar-refractivity contribution in [3.63, 3.8) is 0 Å². The van der Waals surface area contributed by atoms with Crippen molar-refractivity contribution in [2.24, 2.45) is 11.7 Å². The van der Waals surface area contributed by atoms with Gasteiger partial charge in [-0.05, 0) is 44.4 Å². The molecule has 19 heavy (non-hydrogen) atoms. The summed E-state index contributed by atoms with van der Waals surface area (Å²) >= 11 is 0. The molecule has 0 amide bonds. The van der Waals surface area contributed by atoms with E-state index < -0.39 is 0 Å². The van der Waals surface area contributed by atoms with E-state index in [2.05, 4.69) is 9.88 Å². The standard InChI is InChI=1S/C15H20N4/c1-11-15(19-8-4-5-12(9-16)10-19)18-14-7-3-2-6-13(14)17-11/h2-3,6-7,12H,4-5,8-10,16H2,1H3. The lowest BCUT2D eigenvalue weighted by atomic mass is 9.98. The van der Waals surface area contributed by atoms with Crippen molar-refractivity contribution in [3.05, 3.63) is 30.0 Å². The van der Waals surface area contributed by atoms with Gasteiger partial charge >= 0.3 is 0 Å². The number of aryl methyl sites for hydroxylation is 1. The van der Waals surface area contributed by atoms with E-state index in [1.165, 1.54) is 12.8 Å². The number of piperidine rings is 1. The van der Waals surface area contributed by atoms with Crippen LogP contribution in [-0.4, -0.2) is 29.6 Å². The van der Waals surface area contributed by atoms with E-state index in [-0.39, 0.29) is 0 Å². The van der Waals surface area contributed by atoms with E-state index >= 15 is 0 Å². The number of benzene rings is 1. The maximum absolute atomic E-state index is 5.81. The lowest BCUT2D eigenvalue weighted by Crippen LogP contribution is -2.39. The zero-order valence-corrected chi connectivity index (χ0v) is 11.3. The molecule has 0 bridgehead atoms. The van der Waals surface area contributed by atoms with Crippen LogP contribution in [0.4, 0.5) is 5.82 Å². The smallest absolute Gasteiger partial charge is 0.150 e. The fourth-order valence-electron chi connectivity index (χ4n) is 2.83. The minimum atomic E-state index is 0.585. The van der Waals surface area contributed by atoms with Crippen LogP contribution in [0.1, 0.15) is 18.5 Å². The third-order valence-electron chi connectivity index (χ3n) is 3.87. The van der Waals surface area contributed by atoms with Crippen molar-refractivity contribution >= 4 is 16.9 Å². The largest absolute Gasteiger partial charge is 0.355 e. The summed E-state index contributed by atoms with van der Waals surface area (Å²) in [6.45, 7) is 4.87. The number of hydrogen-bond donors (Lipinski definition) is 1. The van der Waals surface area contributed by atoms with Crippen molar-refractivity contribution in [2.45, 2.75) is 19.8 Å². The SMILES string of the molecule is Cc1nc2ccccc2nc1N1CCCC(CN)C1. The monoisotopic (exact) mass is 256 g/mol. The van der Waals surface area contributed by atoms with Crippen LogP contribution in [0, 0.1) is 12.8 Å². The van der Waals surface area contributed by atoms with Crippen molar-refractivity contribution in [1.82, 2.24) is 9.97 Å². The highest BCUT2D eigenvalue weighted by Gasteiger charge is 2.21. The number of fused-ring (bicyclic) bond motifs is 1. The van der Waals surface area contributed by atoms with Crippen molar-refractivity contribution < 1.29 is 0 Å². The van der Waals surface area contributed by atoms with Gasteiger partial charge in [0.1, 0.15) is 0 Å². The summed E-state index contributed by atoms with van der Waals surface area (Å²) < 4.78 is 0. The lowest BCUT2D eigenvalue weighted by Gasteiger charge is -2.33. The second-order valence-electron chi connectivity index (χ2n) is 5.31. The van der Waals surface area contributed by atoms with Crippen molar-refractivity contribution in [3.8, 4) is 0 Å². The summed E-state index contributed by atoms with van der Waals surface area (Å²) in [4.78, 5) is 11.8. The van der Waals surface area contributed by atoms with Gasteiger partial charge in [0.05, 0.1) is 16.7 Å². The van der Waals surface area contributed by atoms with Gasteiger partial charge in [-0.25, -0.2) is 9.97 Å². The summed E-state index contributed by atoms with van der Waals surface area (Å²) in [5.41, 5.74) is 8.76. The van der Waals surface area contributed by atoms with E-state index in [9.17, 15) is 0 Å². The molecule has 0 saturated carbocycles. The first-order chi connectivity index (χ1) is 9.28. The van der Waals surface area contributed by atoms with E-state index in [4.69, 9.17) is 10.7 Å². The summed E-state index contributed by atoms with van der Waals surface area (Å²) in [6, 6.07) is 8.05. The molecule has 0 aliphatic carbocycles. The Hall–Kier alpha value is -1.68. The summed E-state index contributed by atoms with van der Waals surface area (Å²) in [6.07, 6.45) is 2.42. The molecule has 100 valence electrons. The second kappa shape index (κ2) is 5.13. The molecule has 1 saturated heterocycles. The fourth-order valence-corrected chi connectivity index (χ4v) is 2.83. The Balaban J connectivity index is 1.97. The molecular formula is C15H20N4. The number of hydrogen-bond acceptors (Lipinski definition) is 4. The number of nitrogens with two attached hydrogens (primary N) is 1. The van der Waals surface area contributed by atoms with Crippen LogP contribution in [-0.2, 0) is 0 Å². The van der Waals surface area contributed by atoms with Crippen LogP contribution in [0.2, 0.25) is 0 Å². The van der Waals surface area contributed by atoms with Crippen LogP contribution in [0.5, 0.6) is 0 Å². The van der Waals surface area contributed by atoms with Gasteiger partial charge in [0.15, 0.2) is 5.82 Å². The Morgan fingerprint density at radius 3 is 2.74 bits per heavy atom. The predicted octanol–water partition coefficient (Wildman–Crippen LogP) is 2.11. The molecule has 3 rings (SSSR count). The minimum absolute atomic E-state index is 0.585. The third kappa shape index (κ3) is 2.40. The van der Waals surface area contributed by atoms with E-state index in [0.29, 0.717) is 5.92 Å².